The lowest BCUT2D eigenvalue weighted by Gasteiger charge is -2.13. The lowest BCUT2D eigenvalue weighted by atomic mass is 10.2. The molecule has 0 aliphatic rings. The molecule has 7 heteroatoms. The number of hydrogen-bond acceptors (Lipinski definition) is 3. The van der Waals surface area contributed by atoms with Crippen molar-refractivity contribution >= 4 is 17.5 Å². The summed E-state index contributed by atoms with van der Waals surface area (Å²) in [4.78, 5) is 11.3. The topological polar surface area (TPSA) is 64.4 Å². The Hall–Kier alpha value is -1.40. The number of carbonyl (C=O) groups is 1. The monoisotopic (exact) mass is 278 g/mol. The predicted molar refractivity (Wildman–Crippen MR) is 63.6 cm³/mol. The number of ether oxygens (including phenoxy) is 1. The minimum Gasteiger partial charge on any atom is -0.434 e. The smallest absolute Gasteiger partial charge is 0.387 e. The number of hydrogen-bond donors (Lipinski definition) is 2. The molecule has 0 spiro atoms. The molecule has 0 aliphatic heterocycles. The predicted octanol–water partition coefficient (Wildman–Crippen LogP) is 1.90. The van der Waals surface area contributed by atoms with Gasteiger partial charge in [0.1, 0.15) is 5.75 Å². The van der Waals surface area contributed by atoms with Crippen molar-refractivity contribution in [3.8, 4) is 5.75 Å². The summed E-state index contributed by atoms with van der Waals surface area (Å²) in [5, 5.41) is 2.85. The van der Waals surface area contributed by atoms with Crippen molar-refractivity contribution in [1.82, 2.24) is 5.32 Å². The fraction of sp³-hybridized carbons (Fsp3) is 0.364. The Morgan fingerprint density at radius 2 is 2.22 bits per heavy atom. The van der Waals surface area contributed by atoms with Gasteiger partial charge in [-0.3, -0.25) is 4.79 Å². The summed E-state index contributed by atoms with van der Waals surface area (Å²) in [5.41, 5.74) is 5.72. The second kappa shape index (κ2) is 6.51. The van der Waals surface area contributed by atoms with Crippen molar-refractivity contribution in [1.29, 1.82) is 0 Å². The number of nitrogens with two attached hydrogens (primary N) is 1. The van der Waals surface area contributed by atoms with E-state index >= 15 is 0 Å². The Balaban J connectivity index is 2.79. The second-order valence-corrected chi connectivity index (χ2v) is 4.07. The van der Waals surface area contributed by atoms with Crippen LogP contribution < -0.4 is 15.8 Å². The first kappa shape index (κ1) is 14.7. The fourth-order valence-corrected chi connectivity index (χ4v) is 1.44. The molecule has 0 aromatic heterocycles. The van der Waals surface area contributed by atoms with E-state index in [0.717, 1.165) is 0 Å². The van der Waals surface area contributed by atoms with Gasteiger partial charge in [0.05, 0.1) is 6.04 Å². The summed E-state index contributed by atoms with van der Waals surface area (Å²) in [6.45, 7) is -1.40. The van der Waals surface area contributed by atoms with E-state index in [1.807, 2.05) is 0 Å². The van der Waals surface area contributed by atoms with E-state index in [0.29, 0.717) is 10.6 Å². The van der Waals surface area contributed by atoms with Crippen LogP contribution in [-0.4, -0.2) is 18.6 Å². The zero-order valence-corrected chi connectivity index (χ0v) is 10.4. The van der Waals surface area contributed by atoms with Crippen LogP contribution in [0.3, 0.4) is 0 Å². The van der Waals surface area contributed by atoms with Crippen LogP contribution in [0.5, 0.6) is 5.75 Å². The summed E-state index contributed by atoms with van der Waals surface area (Å²) in [7, 11) is 0. The largest absolute Gasteiger partial charge is 0.434 e. The van der Waals surface area contributed by atoms with Crippen LogP contribution in [0.15, 0.2) is 18.2 Å². The first-order chi connectivity index (χ1) is 8.40. The Labute approximate surface area is 108 Å². The third-order valence-electron chi connectivity index (χ3n) is 2.11. The van der Waals surface area contributed by atoms with Crippen LogP contribution >= 0.6 is 11.6 Å². The highest BCUT2D eigenvalue weighted by molar-refractivity contribution is 6.30. The molecule has 0 saturated heterocycles. The molecule has 0 aliphatic carbocycles. The lowest BCUT2D eigenvalue weighted by Crippen LogP contribution is -2.37. The van der Waals surface area contributed by atoms with Crippen molar-refractivity contribution in [3.05, 3.63) is 28.8 Å². The van der Waals surface area contributed by atoms with E-state index in [1.165, 1.54) is 25.1 Å². The Morgan fingerprint density at radius 3 is 2.78 bits per heavy atom. The van der Waals surface area contributed by atoms with E-state index in [9.17, 15) is 13.6 Å². The van der Waals surface area contributed by atoms with Gasteiger partial charge < -0.3 is 15.8 Å². The number of rotatable bonds is 5. The van der Waals surface area contributed by atoms with Crippen molar-refractivity contribution < 1.29 is 18.3 Å². The van der Waals surface area contributed by atoms with Gasteiger partial charge in [0, 0.05) is 17.1 Å². The molecule has 0 fully saturated rings. The molecule has 1 atom stereocenters. The second-order valence-electron chi connectivity index (χ2n) is 3.64. The Morgan fingerprint density at radius 1 is 1.56 bits per heavy atom. The van der Waals surface area contributed by atoms with Gasteiger partial charge in [-0.05, 0) is 25.1 Å². The van der Waals surface area contributed by atoms with Crippen molar-refractivity contribution in [2.24, 2.45) is 5.73 Å². The molecule has 4 nitrogen and oxygen atoms in total. The molecule has 1 amide bonds. The van der Waals surface area contributed by atoms with Gasteiger partial charge in [0.2, 0.25) is 5.91 Å². The zero-order chi connectivity index (χ0) is 13.7. The molecule has 0 saturated carbocycles. The fourth-order valence-electron chi connectivity index (χ4n) is 1.24. The van der Waals surface area contributed by atoms with Gasteiger partial charge >= 0.3 is 6.61 Å². The number of benzene rings is 1. The molecule has 0 unspecified atom stereocenters. The van der Waals surface area contributed by atoms with E-state index in [2.05, 4.69) is 10.1 Å². The van der Waals surface area contributed by atoms with Gasteiger partial charge in [0.25, 0.3) is 0 Å². The summed E-state index contributed by atoms with van der Waals surface area (Å²) in [5.74, 6) is -0.419. The van der Waals surface area contributed by atoms with Gasteiger partial charge in [-0.25, -0.2) is 0 Å². The quantitative estimate of drug-likeness (QED) is 0.865. The average Bonchev–Trinajstić information content (AvgIpc) is 2.28. The minimum absolute atomic E-state index is 0.0169. The zero-order valence-electron chi connectivity index (χ0n) is 9.62. The Bertz CT molecular complexity index is 428. The maximum absolute atomic E-state index is 12.2. The van der Waals surface area contributed by atoms with Crippen LogP contribution in [0.25, 0.3) is 0 Å². The number of carbonyl (C=O) groups excluding carboxylic acids is 1. The maximum Gasteiger partial charge on any atom is 0.387 e. The van der Waals surface area contributed by atoms with Gasteiger partial charge in [-0.15, -0.1) is 0 Å². The molecule has 18 heavy (non-hydrogen) atoms. The van der Waals surface area contributed by atoms with Crippen LogP contribution in [0.2, 0.25) is 5.02 Å². The molecule has 0 heterocycles. The van der Waals surface area contributed by atoms with E-state index in [4.69, 9.17) is 17.3 Å². The van der Waals surface area contributed by atoms with E-state index in [-0.39, 0.29) is 12.3 Å². The summed E-state index contributed by atoms with van der Waals surface area (Å²) >= 11 is 5.75. The summed E-state index contributed by atoms with van der Waals surface area (Å²) < 4.78 is 28.6. The molecular weight excluding hydrogens is 266 g/mol. The van der Waals surface area contributed by atoms with Gasteiger partial charge in [0.15, 0.2) is 0 Å². The summed E-state index contributed by atoms with van der Waals surface area (Å²) in [6, 6.07) is 3.52. The molecular formula is C11H13ClF2N2O2. The lowest BCUT2D eigenvalue weighted by molar-refractivity contribution is -0.122. The first-order valence-corrected chi connectivity index (χ1v) is 5.54. The number of amides is 1. The van der Waals surface area contributed by atoms with E-state index in [1.54, 1.807) is 0 Å². The third kappa shape index (κ3) is 4.46. The van der Waals surface area contributed by atoms with Crippen LogP contribution in [0.4, 0.5) is 8.78 Å². The molecule has 1 aromatic rings. The van der Waals surface area contributed by atoms with Crippen LogP contribution in [-0.2, 0) is 11.3 Å². The summed E-state index contributed by atoms with van der Waals surface area (Å²) in [6.07, 6.45) is 0. The SMILES string of the molecule is C[C@@H](N)C(=O)NCc1cc(Cl)ccc1OC(F)F. The van der Waals surface area contributed by atoms with Crippen LogP contribution in [0.1, 0.15) is 12.5 Å². The molecule has 100 valence electrons. The number of alkyl halides is 2. The van der Waals surface area contributed by atoms with Gasteiger partial charge in [-0.1, -0.05) is 11.6 Å². The van der Waals surface area contributed by atoms with Crippen molar-refractivity contribution in [3.63, 3.8) is 0 Å². The minimum atomic E-state index is -2.94. The Kier molecular flexibility index (Phi) is 5.30. The highest BCUT2D eigenvalue weighted by Crippen LogP contribution is 2.24. The third-order valence-corrected chi connectivity index (χ3v) is 2.34. The van der Waals surface area contributed by atoms with Crippen LogP contribution in [0, 0.1) is 0 Å². The van der Waals surface area contributed by atoms with Crippen molar-refractivity contribution in [2.45, 2.75) is 26.1 Å². The molecule has 3 N–H and O–H groups in total. The molecule has 0 radical (unpaired) electrons. The number of halogens is 3. The van der Waals surface area contributed by atoms with E-state index < -0.39 is 18.6 Å². The standard InChI is InChI=1S/C11H13ClF2N2O2/c1-6(15)10(17)16-5-7-4-8(12)2-3-9(7)18-11(13)14/h2-4,6,11H,5,15H2,1H3,(H,16,17)/t6-/m1/s1. The maximum atomic E-state index is 12.2. The van der Waals surface area contributed by atoms with Crippen molar-refractivity contribution in [2.75, 3.05) is 0 Å². The highest BCUT2D eigenvalue weighted by atomic mass is 35.5. The first-order valence-electron chi connectivity index (χ1n) is 5.16. The number of nitrogens with one attached hydrogen (secondary N) is 1. The highest BCUT2D eigenvalue weighted by Gasteiger charge is 2.12. The molecule has 1 rings (SSSR count). The molecule has 0 bridgehead atoms. The average molecular weight is 279 g/mol. The van der Waals surface area contributed by atoms with Gasteiger partial charge in [-0.2, -0.15) is 8.78 Å². The normalized spacial score (nSPS) is 12.3. The molecule has 1 aromatic carbocycles.